The number of aryl methyl sites for hydroxylation is 3. The van der Waals surface area contributed by atoms with E-state index in [1.807, 2.05) is 18.2 Å². The summed E-state index contributed by atoms with van der Waals surface area (Å²) in [5, 5.41) is 4.08. The third kappa shape index (κ3) is 3.49. The van der Waals surface area contributed by atoms with Crippen molar-refractivity contribution >= 4 is 32.7 Å². The van der Waals surface area contributed by atoms with Gasteiger partial charge in [0.1, 0.15) is 11.2 Å². The van der Waals surface area contributed by atoms with E-state index in [0.717, 1.165) is 63.1 Å². The van der Waals surface area contributed by atoms with Crippen molar-refractivity contribution in [1.82, 2.24) is 4.98 Å². The number of pyridine rings is 1. The van der Waals surface area contributed by atoms with E-state index in [0.29, 0.717) is 16.8 Å². The van der Waals surface area contributed by atoms with Crippen LogP contribution in [0.1, 0.15) is 82.0 Å². The predicted molar refractivity (Wildman–Crippen MR) is 153 cm³/mol. The van der Waals surface area contributed by atoms with Crippen molar-refractivity contribution in [2.24, 2.45) is 10.8 Å². The summed E-state index contributed by atoms with van der Waals surface area (Å²) >= 11 is 0. The fraction of sp³-hybridized carbons (Fsp3) is 0.382. The van der Waals surface area contributed by atoms with Gasteiger partial charge in [-0.2, -0.15) is 0 Å². The van der Waals surface area contributed by atoms with Gasteiger partial charge >= 0.3 is 0 Å². The van der Waals surface area contributed by atoms with Crippen LogP contribution < -0.4 is 0 Å². The molecule has 3 aromatic carbocycles. The molecule has 2 heterocycles. The molecule has 0 N–H and O–H groups in total. The molecule has 2 aromatic heterocycles. The molecule has 0 unspecified atom stereocenters. The summed E-state index contributed by atoms with van der Waals surface area (Å²) in [6, 6.07) is 16.3. The van der Waals surface area contributed by atoms with E-state index in [1.54, 1.807) is 6.07 Å². The Morgan fingerprint density at radius 2 is 1.72 bits per heavy atom. The molecule has 184 valence electrons. The first-order chi connectivity index (χ1) is 19.2. The number of nitrogens with zero attached hydrogens (tertiary/aromatic N) is 1. The third-order valence-electron chi connectivity index (χ3n) is 8.29. The Morgan fingerprint density at radius 3 is 2.47 bits per heavy atom. The van der Waals surface area contributed by atoms with Crippen molar-refractivity contribution in [3.63, 3.8) is 0 Å². The van der Waals surface area contributed by atoms with Crippen LogP contribution in [0.5, 0.6) is 0 Å². The minimum Gasteiger partial charge on any atom is -0.455 e. The van der Waals surface area contributed by atoms with E-state index >= 15 is 0 Å². The Hall–Kier alpha value is -3.13. The Balaban J connectivity index is 1.56. The molecule has 0 spiro atoms. The maximum Gasteiger partial charge on any atom is 0.144 e. The highest BCUT2D eigenvalue weighted by atomic mass is 16.3. The molecule has 1 aliphatic rings. The molecule has 2 nitrogen and oxygen atoms in total. The van der Waals surface area contributed by atoms with Gasteiger partial charge in [0.2, 0.25) is 0 Å². The third-order valence-corrected chi connectivity index (χ3v) is 8.29. The number of furan rings is 1. The van der Waals surface area contributed by atoms with Crippen molar-refractivity contribution in [2.45, 2.75) is 73.5 Å². The zero-order valence-electron chi connectivity index (χ0n) is 26.9. The molecular formula is C34H37NO. The van der Waals surface area contributed by atoms with Crippen LogP contribution >= 0.6 is 0 Å². The number of fused-ring (bicyclic) bond motifs is 5. The number of benzene rings is 3. The summed E-state index contributed by atoms with van der Waals surface area (Å²) in [7, 11) is 0. The number of hydrogen-bond acceptors (Lipinski definition) is 2. The minimum absolute atomic E-state index is 0.113. The van der Waals surface area contributed by atoms with Gasteiger partial charge in [-0.25, -0.2) is 0 Å². The second kappa shape index (κ2) is 7.93. The van der Waals surface area contributed by atoms with E-state index in [-0.39, 0.29) is 23.3 Å². The Labute approximate surface area is 221 Å². The van der Waals surface area contributed by atoms with Gasteiger partial charge < -0.3 is 4.42 Å². The molecule has 2 heteroatoms. The predicted octanol–water partition coefficient (Wildman–Crippen LogP) is 10.0. The quantitative estimate of drug-likeness (QED) is 0.251. The molecule has 0 aliphatic heterocycles. The van der Waals surface area contributed by atoms with Crippen molar-refractivity contribution in [1.29, 1.82) is 0 Å². The monoisotopic (exact) mass is 480 g/mol. The van der Waals surface area contributed by atoms with E-state index in [9.17, 15) is 1.37 Å². The molecule has 0 radical (unpaired) electrons. The van der Waals surface area contributed by atoms with Gasteiger partial charge in [-0.05, 0) is 90.0 Å². The van der Waals surface area contributed by atoms with Crippen LogP contribution in [0.4, 0.5) is 0 Å². The standard InChI is InChI=1S/C34H37NO/c1-20-17-28(35-19-22(20)3)26-10-8-11-27-29-21(2)16-24-18-23(12-13-25(24)31(29)36-30(26)27)32-33(4,5)14-9-15-34(32,6)7/h8,10-13,16-19,32H,9,14-15H2,1-7H3/i1D,3D3,32D. The van der Waals surface area contributed by atoms with Crippen LogP contribution in [-0.2, 0) is 0 Å². The molecule has 6 rings (SSSR count). The van der Waals surface area contributed by atoms with Crippen molar-refractivity contribution in [3.05, 3.63) is 77.0 Å². The highest BCUT2D eigenvalue weighted by Gasteiger charge is 2.44. The highest BCUT2D eigenvalue weighted by molar-refractivity contribution is 6.18. The van der Waals surface area contributed by atoms with Crippen molar-refractivity contribution in [2.75, 3.05) is 0 Å². The highest BCUT2D eigenvalue weighted by Crippen LogP contribution is 2.56. The Kier molecular flexibility index (Phi) is 4.00. The van der Waals surface area contributed by atoms with E-state index in [1.165, 1.54) is 6.20 Å². The number of hydrogen-bond donors (Lipinski definition) is 0. The lowest BCUT2D eigenvalue weighted by atomic mass is 9.55. The minimum atomic E-state index is -2.32. The van der Waals surface area contributed by atoms with Crippen LogP contribution in [0.15, 0.2) is 59.1 Å². The second-order valence-electron chi connectivity index (χ2n) is 11.8. The molecule has 0 saturated heterocycles. The summed E-state index contributed by atoms with van der Waals surface area (Å²) in [6.07, 6.45) is 4.59. The molecule has 1 fully saturated rings. The maximum atomic E-state index is 9.88. The molecule has 36 heavy (non-hydrogen) atoms. The summed E-state index contributed by atoms with van der Waals surface area (Å²) in [4.78, 5) is 4.50. The smallest absolute Gasteiger partial charge is 0.144 e. The number of aromatic nitrogens is 1. The van der Waals surface area contributed by atoms with Crippen LogP contribution in [0.2, 0.25) is 0 Å². The van der Waals surface area contributed by atoms with Crippen LogP contribution in [-0.4, -0.2) is 4.98 Å². The lowest BCUT2D eigenvalue weighted by molar-refractivity contribution is 0.0728. The largest absolute Gasteiger partial charge is 0.455 e. The lowest BCUT2D eigenvalue weighted by Gasteiger charge is -2.49. The van der Waals surface area contributed by atoms with Crippen molar-refractivity contribution < 1.29 is 11.3 Å². The SMILES string of the molecule is [2H]Cc1cc(-c2cccc3c2oc2c4ccc(C5([2H])C(C)(C)CCCC5(C)C)cc4cc(C)c32)ncc1C([2H])([2H])[2H]. The summed E-state index contributed by atoms with van der Waals surface area (Å²) in [6.45, 7) is 8.60. The van der Waals surface area contributed by atoms with Crippen LogP contribution in [0.25, 0.3) is 44.0 Å². The van der Waals surface area contributed by atoms with E-state index in [2.05, 4.69) is 63.9 Å². The Bertz CT molecular complexity index is 1810. The normalized spacial score (nSPS) is 21.1. The van der Waals surface area contributed by atoms with Gasteiger partial charge in [0.15, 0.2) is 0 Å². The van der Waals surface area contributed by atoms with Gasteiger partial charge in [-0.15, -0.1) is 0 Å². The molecule has 0 amide bonds. The van der Waals surface area contributed by atoms with Gasteiger partial charge in [-0.3, -0.25) is 4.98 Å². The molecule has 5 aromatic rings. The average Bonchev–Trinajstić information content (AvgIpc) is 3.31. The van der Waals surface area contributed by atoms with Gasteiger partial charge in [0.25, 0.3) is 0 Å². The molecule has 1 saturated carbocycles. The molecular weight excluding hydrogens is 438 g/mol. The molecule has 1 aliphatic carbocycles. The Morgan fingerprint density at radius 1 is 0.917 bits per heavy atom. The summed E-state index contributed by atoms with van der Waals surface area (Å²) in [5.74, 6) is -0.724. The van der Waals surface area contributed by atoms with E-state index < -0.39 is 12.7 Å². The van der Waals surface area contributed by atoms with Gasteiger partial charge in [0.05, 0.1) is 5.69 Å². The van der Waals surface area contributed by atoms with Crippen LogP contribution in [0.3, 0.4) is 0 Å². The first kappa shape index (κ1) is 18.2. The number of rotatable bonds is 2. The zero-order chi connectivity index (χ0) is 29.5. The summed E-state index contributed by atoms with van der Waals surface area (Å²) in [5.41, 5.74) is 5.24. The second-order valence-corrected chi connectivity index (χ2v) is 11.8. The summed E-state index contributed by atoms with van der Waals surface area (Å²) < 4.78 is 47.9. The number of para-hydroxylation sites is 1. The molecule has 0 bridgehead atoms. The van der Waals surface area contributed by atoms with Gasteiger partial charge in [-0.1, -0.05) is 70.5 Å². The van der Waals surface area contributed by atoms with Gasteiger partial charge in [0, 0.05) is 34.8 Å². The fourth-order valence-corrected chi connectivity index (χ4v) is 6.82. The van der Waals surface area contributed by atoms with Crippen molar-refractivity contribution in [3.8, 4) is 11.3 Å². The topological polar surface area (TPSA) is 26.0 Å². The lowest BCUT2D eigenvalue weighted by Crippen LogP contribution is -2.38. The van der Waals surface area contributed by atoms with Crippen LogP contribution in [0, 0.1) is 31.5 Å². The first-order valence-electron chi connectivity index (χ1n) is 15.6. The fourth-order valence-electron chi connectivity index (χ4n) is 6.82. The molecule has 0 atom stereocenters. The average molecular weight is 481 g/mol. The van der Waals surface area contributed by atoms with E-state index in [4.69, 9.17) is 9.90 Å². The zero-order valence-corrected chi connectivity index (χ0v) is 21.9. The first-order valence-corrected chi connectivity index (χ1v) is 12.9. The maximum absolute atomic E-state index is 9.88.